The lowest BCUT2D eigenvalue weighted by molar-refractivity contribution is 0.101. The van der Waals surface area contributed by atoms with Crippen LogP contribution in [0.15, 0.2) is 34.9 Å². The van der Waals surface area contributed by atoms with Crippen molar-refractivity contribution in [2.24, 2.45) is 7.05 Å². The molecule has 0 atom stereocenters. The Balaban J connectivity index is 2.27. The fraction of sp³-hybridized carbons (Fsp3) is 0.0833. The number of halogens is 3. The van der Waals surface area contributed by atoms with Gasteiger partial charge in [0.15, 0.2) is 0 Å². The number of carbonyl (C=O) groups is 1. The number of carbonyl (C=O) groups excluding carboxylic acids is 1. The van der Waals surface area contributed by atoms with E-state index in [0.29, 0.717) is 21.4 Å². The molecule has 0 aliphatic heterocycles. The van der Waals surface area contributed by atoms with E-state index in [9.17, 15) is 4.79 Å². The van der Waals surface area contributed by atoms with Crippen LogP contribution in [0.5, 0.6) is 0 Å². The summed E-state index contributed by atoms with van der Waals surface area (Å²) in [6.07, 6.45) is 1.80. The first-order valence-corrected chi connectivity index (χ1v) is 6.61. The number of nitrogens with zero attached hydrogens (tertiary/aromatic N) is 1. The summed E-state index contributed by atoms with van der Waals surface area (Å²) in [6, 6.07) is 6.82. The third-order valence-corrected chi connectivity index (χ3v) is 3.66. The van der Waals surface area contributed by atoms with E-state index in [2.05, 4.69) is 21.2 Å². The molecule has 0 saturated heterocycles. The van der Waals surface area contributed by atoms with E-state index in [0.717, 1.165) is 4.47 Å². The van der Waals surface area contributed by atoms with Crippen molar-refractivity contribution in [1.29, 1.82) is 0 Å². The summed E-state index contributed by atoms with van der Waals surface area (Å²) in [4.78, 5) is 12.1. The SMILES string of the molecule is Cn1cc(Br)cc1C(=O)Nc1cccc(Cl)c1Cl. The van der Waals surface area contributed by atoms with Gasteiger partial charge in [-0.05, 0) is 34.1 Å². The van der Waals surface area contributed by atoms with Crippen LogP contribution in [0.1, 0.15) is 10.5 Å². The summed E-state index contributed by atoms with van der Waals surface area (Å²) >= 11 is 15.2. The van der Waals surface area contributed by atoms with Crippen molar-refractivity contribution in [3.63, 3.8) is 0 Å². The fourth-order valence-corrected chi connectivity index (χ4v) is 2.41. The molecule has 1 heterocycles. The van der Waals surface area contributed by atoms with Crippen LogP contribution in [-0.4, -0.2) is 10.5 Å². The topological polar surface area (TPSA) is 34.0 Å². The molecule has 0 saturated carbocycles. The Kier molecular flexibility index (Phi) is 4.00. The molecule has 0 aliphatic rings. The molecule has 1 aromatic carbocycles. The lowest BCUT2D eigenvalue weighted by Crippen LogP contribution is -2.15. The summed E-state index contributed by atoms with van der Waals surface area (Å²) in [5.74, 6) is -0.243. The first-order valence-electron chi connectivity index (χ1n) is 5.06. The zero-order chi connectivity index (χ0) is 13.3. The standard InChI is InChI=1S/C12H9BrCl2N2O/c1-17-6-7(13)5-10(17)12(18)16-9-4-2-3-8(14)11(9)15/h2-6H,1H3,(H,16,18). The second-order valence-corrected chi connectivity index (χ2v) is 5.41. The van der Waals surface area contributed by atoms with Crippen molar-refractivity contribution < 1.29 is 4.79 Å². The Morgan fingerprint density at radius 3 is 2.72 bits per heavy atom. The van der Waals surface area contributed by atoms with Crippen molar-refractivity contribution in [1.82, 2.24) is 4.57 Å². The van der Waals surface area contributed by atoms with Crippen LogP contribution >= 0.6 is 39.1 Å². The lowest BCUT2D eigenvalue weighted by Gasteiger charge is -2.08. The number of rotatable bonds is 2. The summed E-state index contributed by atoms with van der Waals surface area (Å²) in [5, 5.41) is 3.46. The summed E-state index contributed by atoms with van der Waals surface area (Å²) in [6.45, 7) is 0. The molecule has 94 valence electrons. The molecule has 3 nitrogen and oxygen atoms in total. The number of nitrogens with one attached hydrogen (secondary N) is 1. The maximum atomic E-state index is 12.1. The molecule has 2 rings (SSSR count). The molecule has 1 amide bonds. The van der Waals surface area contributed by atoms with Crippen LogP contribution in [0.2, 0.25) is 10.0 Å². The maximum absolute atomic E-state index is 12.1. The zero-order valence-electron chi connectivity index (χ0n) is 9.38. The Morgan fingerprint density at radius 2 is 2.11 bits per heavy atom. The normalized spacial score (nSPS) is 10.4. The van der Waals surface area contributed by atoms with Crippen molar-refractivity contribution in [2.75, 3.05) is 5.32 Å². The number of aromatic nitrogens is 1. The van der Waals surface area contributed by atoms with Crippen LogP contribution in [0.3, 0.4) is 0 Å². The van der Waals surface area contributed by atoms with E-state index in [1.165, 1.54) is 0 Å². The molecule has 0 radical (unpaired) electrons. The van der Waals surface area contributed by atoms with E-state index in [1.807, 2.05) is 0 Å². The molecule has 0 aliphatic carbocycles. The third-order valence-electron chi connectivity index (χ3n) is 2.40. The van der Waals surface area contributed by atoms with Crippen molar-refractivity contribution in [2.45, 2.75) is 0 Å². The Hall–Kier alpha value is -0.970. The van der Waals surface area contributed by atoms with Crippen LogP contribution < -0.4 is 5.32 Å². The van der Waals surface area contributed by atoms with Crippen molar-refractivity contribution in [3.8, 4) is 0 Å². The molecule has 0 spiro atoms. The number of anilines is 1. The average Bonchev–Trinajstić information content (AvgIpc) is 2.64. The molecule has 0 fully saturated rings. The number of benzene rings is 1. The largest absolute Gasteiger partial charge is 0.345 e. The van der Waals surface area contributed by atoms with E-state index < -0.39 is 0 Å². The van der Waals surface area contributed by atoms with Gasteiger partial charge in [-0.1, -0.05) is 29.3 Å². The van der Waals surface area contributed by atoms with E-state index in [1.54, 1.807) is 42.1 Å². The predicted molar refractivity (Wildman–Crippen MR) is 77.5 cm³/mol. The number of aryl methyl sites for hydroxylation is 1. The highest BCUT2D eigenvalue weighted by Gasteiger charge is 2.13. The van der Waals surface area contributed by atoms with E-state index >= 15 is 0 Å². The minimum Gasteiger partial charge on any atom is -0.345 e. The third kappa shape index (κ3) is 2.71. The highest BCUT2D eigenvalue weighted by Crippen LogP contribution is 2.30. The van der Waals surface area contributed by atoms with Gasteiger partial charge >= 0.3 is 0 Å². The molecular formula is C12H9BrCl2N2O. The van der Waals surface area contributed by atoms with Gasteiger partial charge in [-0.15, -0.1) is 0 Å². The minimum absolute atomic E-state index is 0.243. The summed E-state index contributed by atoms with van der Waals surface area (Å²) in [5.41, 5.74) is 1.02. The average molecular weight is 348 g/mol. The van der Waals surface area contributed by atoms with Gasteiger partial charge in [0.05, 0.1) is 15.7 Å². The molecule has 1 N–H and O–H groups in total. The molecule has 18 heavy (non-hydrogen) atoms. The lowest BCUT2D eigenvalue weighted by atomic mass is 10.3. The summed E-state index contributed by atoms with van der Waals surface area (Å²) < 4.78 is 2.56. The number of hydrogen-bond donors (Lipinski definition) is 1. The first-order chi connectivity index (χ1) is 8.49. The van der Waals surface area contributed by atoms with E-state index in [-0.39, 0.29) is 5.91 Å². The molecular weight excluding hydrogens is 339 g/mol. The molecule has 2 aromatic rings. The predicted octanol–water partition coefficient (Wildman–Crippen LogP) is 4.35. The molecule has 1 aromatic heterocycles. The van der Waals surface area contributed by atoms with Gasteiger partial charge in [-0.2, -0.15) is 0 Å². The maximum Gasteiger partial charge on any atom is 0.272 e. The zero-order valence-corrected chi connectivity index (χ0v) is 12.5. The van der Waals surface area contributed by atoms with Crippen molar-refractivity contribution in [3.05, 3.63) is 50.7 Å². The fourth-order valence-electron chi connectivity index (χ4n) is 1.54. The number of hydrogen-bond acceptors (Lipinski definition) is 1. The van der Waals surface area contributed by atoms with Gasteiger partial charge < -0.3 is 9.88 Å². The van der Waals surface area contributed by atoms with Gasteiger partial charge in [0.2, 0.25) is 0 Å². The monoisotopic (exact) mass is 346 g/mol. The minimum atomic E-state index is -0.243. The van der Waals surface area contributed by atoms with Crippen LogP contribution in [0.25, 0.3) is 0 Å². The second-order valence-electron chi connectivity index (χ2n) is 3.71. The smallest absolute Gasteiger partial charge is 0.272 e. The second kappa shape index (κ2) is 5.34. The summed E-state index contributed by atoms with van der Waals surface area (Å²) in [7, 11) is 1.79. The Labute approximate surface area is 123 Å². The van der Waals surface area contributed by atoms with Gasteiger partial charge in [0.1, 0.15) is 5.69 Å². The Bertz CT molecular complexity index is 610. The van der Waals surface area contributed by atoms with Gasteiger partial charge in [-0.3, -0.25) is 4.79 Å². The highest BCUT2D eigenvalue weighted by molar-refractivity contribution is 9.10. The van der Waals surface area contributed by atoms with Gasteiger partial charge in [0.25, 0.3) is 5.91 Å². The molecule has 0 bridgehead atoms. The van der Waals surface area contributed by atoms with Crippen molar-refractivity contribution >= 4 is 50.7 Å². The number of amides is 1. The highest BCUT2D eigenvalue weighted by atomic mass is 79.9. The molecule has 0 unspecified atom stereocenters. The van der Waals surface area contributed by atoms with Gasteiger partial charge in [0, 0.05) is 17.7 Å². The quantitative estimate of drug-likeness (QED) is 0.861. The van der Waals surface area contributed by atoms with Crippen LogP contribution in [-0.2, 0) is 7.05 Å². The van der Waals surface area contributed by atoms with Gasteiger partial charge in [-0.25, -0.2) is 0 Å². The van der Waals surface area contributed by atoms with Crippen LogP contribution in [0, 0.1) is 0 Å². The molecule has 6 heteroatoms. The Morgan fingerprint density at radius 1 is 1.39 bits per heavy atom. The van der Waals surface area contributed by atoms with Crippen LogP contribution in [0.4, 0.5) is 5.69 Å². The first kappa shape index (κ1) is 13.5. The van der Waals surface area contributed by atoms with E-state index in [4.69, 9.17) is 23.2 Å².